The summed E-state index contributed by atoms with van der Waals surface area (Å²) in [5, 5.41) is 2.95. The second-order valence-electron chi connectivity index (χ2n) is 12.2. The van der Waals surface area contributed by atoms with Gasteiger partial charge >= 0.3 is 0 Å². The first kappa shape index (κ1) is 41.9. The van der Waals surface area contributed by atoms with Crippen LogP contribution in [0.3, 0.4) is 0 Å². The van der Waals surface area contributed by atoms with Gasteiger partial charge in [-0.2, -0.15) is 0 Å². The van der Waals surface area contributed by atoms with Crippen LogP contribution in [-0.2, 0) is 28.5 Å². The predicted molar refractivity (Wildman–Crippen MR) is 189 cm³/mol. The van der Waals surface area contributed by atoms with Crippen LogP contribution < -0.4 is 5.32 Å². The molecule has 1 saturated heterocycles. The minimum absolute atomic E-state index is 0.103. The lowest BCUT2D eigenvalue weighted by atomic mass is 9.96. The van der Waals surface area contributed by atoms with E-state index in [-0.39, 0.29) is 12.5 Å². The molecule has 7 heteroatoms. The van der Waals surface area contributed by atoms with Crippen LogP contribution in [0.15, 0.2) is 0 Å². The second-order valence-corrected chi connectivity index (χ2v) is 12.2. The van der Waals surface area contributed by atoms with Crippen LogP contribution in [0.4, 0.5) is 0 Å². The smallest absolute Gasteiger partial charge is 0.235 e. The molecular formula is C40H63NO6. The maximum atomic E-state index is 12.4. The van der Waals surface area contributed by atoms with Crippen molar-refractivity contribution in [3.63, 3.8) is 0 Å². The molecule has 1 fully saturated rings. The average molecular weight is 654 g/mol. The van der Waals surface area contributed by atoms with Gasteiger partial charge in [0.1, 0.15) is 43.2 Å². The summed E-state index contributed by atoms with van der Waals surface area (Å²) >= 11 is 0. The summed E-state index contributed by atoms with van der Waals surface area (Å²) in [5.41, 5.74) is 0. The Labute approximate surface area is 287 Å². The molecule has 1 rings (SSSR count). The van der Waals surface area contributed by atoms with E-state index in [0.29, 0.717) is 0 Å². The fourth-order valence-electron chi connectivity index (χ4n) is 5.07. The number of rotatable bonds is 22. The molecule has 1 heterocycles. The minimum Gasteiger partial charge on any atom is -0.444 e. The highest BCUT2D eigenvalue weighted by molar-refractivity contribution is 5.73. The quantitative estimate of drug-likeness (QED) is 0.0931. The molecule has 1 N–H and O–H groups in total. The van der Waals surface area contributed by atoms with E-state index in [1.54, 1.807) is 0 Å². The molecule has 5 atom stereocenters. The molecule has 0 aliphatic carbocycles. The van der Waals surface area contributed by atoms with E-state index in [2.05, 4.69) is 81.1 Å². The molecule has 47 heavy (non-hydrogen) atoms. The number of nitrogens with one attached hydrogen (secondary N) is 1. The Kier molecular flexibility index (Phi) is 26.9. The Morgan fingerprint density at radius 3 is 1.45 bits per heavy atom. The normalized spacial score (nSPS) is 19.6. The largest absolute Gasteiger partial charge is 0.444 e. The molecule has 1 aliphatic rings. The third kappa shape index (κ3) is 21.4. The summed E-state index contributed by atoms with van der Waals surface area (Å²) in [6.45, 7) is 10.3. The number of carbonyl (C=O) groups is 1. The molecule has 0 radical (unpaired) electrons. The Hall–Kier alpha value is -3.13. The molecular weight excluding hydrogens is 590 g/mol. The van der Waals surface area contributed by atoms with Crippen molar-refractivity contribution < 1.29 is 28.5 Å². The van der Waals surface area contributed by atoms with Gasteiger partial charge in [0.2, 0.25) is 12.2 Å². The van der Waals surface area contributed by atoms with Gasteiger partial charge in [-0.1, -0.05) is 128 Å². The minimum atomic E-state index is -0.934. The van der Waals surface area contributed by atoms with Gasteiger partial charge < -0.3 is 29.0 Å². The summed E-state index contributed by atoms with van der Waals surface area (Å²) < 4.78 is 30.4. The van der Waals surface area contributed by atoms with Gasteiger partial charge in [0.05, 0.1) is 0 Å². The fraction of sp³-hybridized carbons (Fsp3) is 0.775. The highest BCUT2D eigenvalue weighted by Gasteiger charge is 2.51. The molecule has 7 nitrogen and oxygen atoms in total. The van der Waals surface area contributed by atoms with Crippen LogP contribution in [0.2, 0.25) is 0 Å². The molecule has 1 unspecified atom stereocenters. The molecule has 0 bridgehead atoms. The first-order valence-electron chi connectivity index (χ1n) is 18.5. The van der Waals surface area contributed by atoms with Crippen LogP contribution in [0.25, 0.3) is 0 Å². The second kappa shape index (κ2) is 30.2. The van der Waals surface area contributed by atoms with Gasteiger partial charge in [-0.25, -0.2) is 0 Å². The summed E-state index contributed by atoms with van der Waals surface area (Å²) in [7, 11) is 0. The Morgan fingerprint density at radius 1 is 0.574 bits per heavy atom. The van der Waals surface area contributed by atoms with Crippen molar-refractivity contribution in [2.75, 3.05) is 6.61 Å². The number of carbonyl (C=O) groups excluding carboxylic acids is 1. The zero-order valence-electron chi connectivity index (χ0n) is 30.2. The summed E-state index contributed by atoms with van der Waals surface area (Å²) in [6, 6.07) is -0.742. The van der Waals surface area contributed by atoms with Gasteiger partial charge in [-0.15, -0.1) is 0 Å². The van der Waals surface area contributed by atoms with E-state index in [9.17, 15) is 4.79 Å². The zero-order valence-corrected chi connectivity index (χ0v) is 30.2. The van der Waals surface area contributed by atoms with Crippen LogP contribution in [0.1, 0.15) is 163 Å². The lowest BCUT2D eigenvalue weighted by Gasteiger charge is -2.42. The number of amides is 1. The molecule has 0 aromatic rings. The Morgan fingerprint density at radius 2 is 1.00 bits per heavy atom. The van der Waals surface area contributed by atoms with Crippen molar-refractivity contribution in [1.29, 1.82) is 0 Å². The van der Waals surface area contributed by atoms with E-state index >= 15 is 0 Å². The fourth-order valence-corrected chi connectivity index (χ4v) is 5.07. The molecule has 1 aliphatic heterocycles. The van der Waals surface area contributed by atoms with Crippen molar-refractivity contribution >= 4 is 5.91 Å². The van der Waals surface area contributed by atoms with Gasteiger partial charge in [0, 0.05) is 32.6 Å². The molecule has 0 aromatic heterocycles. The first-order valence-corrected chi connectivity index (χ1v) is 18.5. The lowest BCUT2D eigenvalue weighted by molar-refractivity contribution is -0.250. The predicted octanol–water partition coefficient (Wildman–Crippen LogP) is 8.74. The summed E-state index contributed by atoms with van der Waals surface area (Å²) in [4.78, 5) is 12.4. The van der Waals surface area contributed by atoms with Gasteiger partial charge in [-0.05, 0) is 25.7 Å². The van der Waals surface area contributed by atoms with Crippen molar-refractivity contribution in [3.05, 3.63) is 0 Å². The van der Waals surface area contributed by atoms with E-state index in [4.69, 9.17) is 23.7 Å². The zero-order chi connectivity index (χ0) is 34.2. The van der Waals surface area contributed by atoms with Crippen molar-refractivity contribution in [3.8, 4) is 48.1 Å². The summed E-state index contributed by atoms with van der Waals surface area (Å²) in [5.74, 6) is 12.2. The maximum Gasteiger partial charge on any atom is 0.235 e. The molecule has 0 aromatic carbocycles. The molecule has 0 saturated carbocycles. The number of unbranched alkanes of at least 4 members (excludes halogenated alkanes) is 16. The van der Waals surface area contributed by atoms with Gasteiger partial charge in [0.25, 0.3) is 0 Å². The van der Waals surface area contributed by atoms with Crippen molar-refractivity contribution in [2.24, 2.45) is 0 Å². The molecule has 1 amide bonds. The van der Waals surface area contributed by atoms with Crippen molar-refractivity contribution in [1.82, 2.24) is 5.32 Å². The number of hydrogen-bond acceptors (Lipinski definition) is 6. The van der Waals surface area contributed by atoms with E-state index in [1.165, 1.54) is 58.3 Å². The van der Waals surface area contributed by atoms with Crippen LogP contribution in [0.5, 0.6) is 0 Å². The maximum absolute atomic E-state index is 12.4. The number of ether oxygens (including phenoxy) is 5. The van der Waals surface area contributed by atoms with Crippen LogP contribution >= 0.6 is 0 Å². The van der Waals surface area contributed by atoms with Crippen LogP contribution in [-0.4, -0.2) is 43.2 Å². The Bertz CT molecular complexity index is 1050. The lowest BCUT2D eigenvalue weighted by Crippen LogP contribution is -2.65. The van der Waals surface area contributed by atoms with Crippen molar-refractivity contribution in [2.45, 2.75) is 194 Å². The number of hydrogen-bond donors (Lipinski definition) is 1. The summed E-state index contributed by atoms with van der Waals surface area (Å²) in [6.07, 6.45) is 29.3. The van der Waals surface area contributed by atoms with E-state index in [1.807, 2.05) is 0 Å². The van der Waals surface area contributed by atoms with Gasteiger partial charge in [0.15, 0.2) is 12.2 Å². The Balaban J connectivity index is 3.23. The molecule has 264 valence electrons. The monoisotopic (exact) mass is 653 g/mol. The highest BCUT2D eigenvalue weighted by Crippen LogP contribution is 2.27. The molecule has 0 spiro atoms. The third-order valence-electron chi connectivity index (χ3n) is 7.81. The topological polar surface area (TPSA) is 75.2 Å². The van der Waals surface area contributed by atoms with Gasteiger partial charge in [-0.3, -0.25) is 4.79 Å². The third-order valence-corrected chi connectivity index (χ3v) is 7.81. The highest BCUT2D eigenvalue weighted by atomic mass is 16.7. The van der Waals surface area contributed by atoms with E-state index < -0.39 is 30.6 Å². The van der Waals surface area contributed by atoms with E-state index in [0.717, 1.165) is 77.0 Å². The SMILES string of the molecule is CCCCCCC#COC[C@H]1OC(OC#CCCCCCC)[C@@H](NC(C)=O)[C@@H](OC#CCCCCCC)[C@@H]1OC#CCCCCCC. The van der Waals surface area contributed by atoms with Crippen LogP contribution in [0, 0.1) is 48.1 Å². The first-order chi connectivity index (χ1) is 23.1. The average Bonchev–Trinajstić information content (AvgIpc) is 3.06. The standard InChI is InChI=1S/C40H63NO6/c1-6-10-14-18-22-26-30-43-34-36-38(44-31-27-23-19-15-11-7-2)39(45-32-28-24-20-16-12-8-3)37(41-35(5)42)40(47-36)46-33-29-25-21-17-13-9-4/h36-40H,6-25,34H2,1-5H3,(H,41,42)/t36-,37+,38-,39-,40?/m1/s1.